The number of carbonyl (C=O) groups excluding carboxylic acids is 4. The molecule has 3 rings (SSSR count). The van der Waals surface area contributed by atoms with Gasteiger partial charge < -0.3 is 10.2 Å². The van der Waals surface area contributed by atoms with Crippen molar-refractivity contribution in [2.24, 2.45) is 0 Å². The van der Waals surface area contributed by atoms with Crippen LogP contribution in [0.4, 0.5) is 0 Å². The number of hydrogen-bond donors (Lipinski definition) is 1. The van der Waals surface area contributed by atoms with E-state index >= 15 is 0 Å². The molecule has 33 heavy (non-hydrogen) atoms. The SMILES string of the molecule is CCCNC(=O)C(C)N(Cc1ccc(C)cc1)C(=O)CCCN1C(=O)c2ccccc2C1=O. The topological polar surface area (TPSA) is 86.8 Å². The summed E-state index contributed by atoms with van der Waals surface area (Å²) in [6.45, 7) is 6.71. The molecule has 1 atom stereocenters. The number of nitrogens with one attached hydrogen (secondary N) is 1. The molecule has 0 fully saturated rings. The summed E-state index contributed by atoms with van der Waals surface area (Å²) in [6.07, 6.45) is 1.27. The molecular weight excluding hydrogens is 418 g/mol. The van der Waals surface area contributed by atoms with Gasteiger partial charge in [0.2, 0.25) is 11.8 Å². The first-order chi connectivity index (χ1) is 15.8. The predicted molar refractivity (Wildman–Crippen MR) is 126 cm³/mol. The second-order valence-corrected chi connectivity index (χ2v) is 8.39. The van der Waals surface area contributed by atoms with Gasteiger partial charge in [-0.1, -0.05) is 48.9 Å². The zero-order chi connectivity index (χ0) is 24.0. The molecular formula is C26H31N3O4. The third-order valence-electron chi connectivity index (χ3n) is 5.84. The van der Waals surface area contributed by atoms with Crippen LogP contribution < -0.4 is 5.32 Å². The van der Waals surface area contributed by atoms with Crippen LogP contribution in [-0.2, 0) is 16.1 Å². The maximum Gasteiger partial charge on any atom is 0.261 e. The van der Waals surface area contributed by atoms with Crippen molar-refractivity contribution in [1.29, 1.82) is 0 Å². The first-order valence-corrected chi connectivity index (χ1v) is 11.4. The number of benzene rings is 2. The van der Waals surface area contributed by atoms with Crippen LogP contribution in [0.1, 0.15) is 65.0 Å². The molecule has 2 aromatic carbocycles. The first-order valence-electron chi connectivity index (χ1n) is 11.4. The monoisotopic (exact) mass is 449 g/mol. The molecule has 1 heterocycles. The zero-order valence-electron chi connectivity index (χ0n) is 19.5. The summed E-state index contributed by atoms with van der Waals surface area (Å²) in [4.78, 5) is 53.6. The van der Waals surface area contributed by atoms with E-state index in [0.717, 1.165) is 17.5 Å². The second kappa shape index (κ2) is 10.9. The number of nitrogens with zero attached hydrogens (tertiary/aromatic N) is 2. The van der Waals surface area contributed by atoms with Crippen molar-refractivity contribution in [1.82, 2.24) is 15.1 Å². The van der Waals surface area contributed by atoms with Gasteiger partial charge in [-0.2, -0.15) is 0 Å². The van der Waals surface area contributed by atoms with Gasteiger partial charge in [0.15, 0.2) is 0 Å². The number of fused-ring (bicyclic) bond motifs is 1. The fraction of sp³-hybridized carbons (Fsp3) is 0.385. The van der Waals surface area contributed by atoms with E-state index in [1.165, 1.54) is 4.90 Å². The quantitative estimate of drug-likeness (QED) is 0.564. The molecule has 4 amide bonds. The van der Waals surface area contributed by atoms with Crippen molar-refractivity contribution in [2.75, 3.05) is 13.1 Å². The van der Waals surface area contributed by atoms with Gasteiger partial charge in [-0.25, -0.2) is 0 Å². The van der Waals surface area contributed by atoms with Gasteiger partial charge in [0.1, 0.15) is 6.04 Å². The highest BCUT2D eigenvalue weighted by atomic mass is 16.2. The second-order valence-electron chi connectivity index (χ2n) is 8.39. The molecule has 1 N–H and O–H groups in total. The summed E-state index contributed by atoms with van der Waals surface area (Å²) in [5.41, 5.74) is 2.85. The summed E-state index contributed by atoms with van der Waals surface area (Å²) >= 11 is 0. The Hall–Kier alpha value is -3.48. The van der Waals surface area contributed by atoms with Crippen molar-refractivity contribution >= 4 is 23.6 Å². The van der Waals surface area contributed by atoms with Crippen molar-refractivity contribution in [3.05, 3.63) is 70.8 Å². The summed E-state index contributed by atoms with van der Waals surface area (Å²) in [5.74, 6) is -1.04. The van der Waals surface area contributed by atoms with Gasteiger partial charge >= 0.3 is 0 Å². The van der Waals surface area contributed by atoms with Crippen LogP contribution in [0.2, 0.25) is 0 Å². The molecule has 0 radical (unpaired) electrons. The van der Waals surface area contributed by atoms with Crippen LogP contribution >= 0.6 is 0 Å². The Morgan fingerprint density at radius 2 is 1.61 bits per heavy atom. The number of hydrogen-bond acceptors (Lipinski definition) is 4. The lowest BCUT2D eigenvalue weighted by Crippen LogP contribution is -2.47. The third-order valence-corrected chi connectivity index (χ3v) is 5.84. The minimum atomic E-state index is -0.635. The average Bonchev–Trinajstić information content (AvgIpc) is 3.06. The van der Waals surface area contributed by atoms with Crippen molar-refractivity contribution in [2.45, 2.75) is 52.6 Å². The molecule has 7 heteroatoms. The van der Waals surface area contributed by atoms with Crippen LogP contribution in [-0.4, -0.2) is 52.6 Å². The fourth-order valence-corrected chi connectivity index (χ4v) is 3.84. The van der Waals surface area contributed by atoms with Gasteiger partial charge in [-0.3, -0.25) is 24.1 Å². The van der Waals surface area contributed by atoms with E-state index in [1.807, 2.05) is 38.1 Å². The Kier molecular flexibility index (Phi) is 7.98. The molecule has 1 unspecified atom stereocenters. The van der Waals surface area contributed by atoms with Crippen LogP contribution in [0, 0.1) is 6.92 Å². The summed E-state index contributed by atoms with van der Waals surface area (Å²) in [6, 6.07) is 13.9. The molecule has 0 spiro atoms. The summed E-state index contributed by atoms with van der Waals surface area (Å²) in [7, 11) is 0. The molecule has 1 aliphatic heterocycles. The molecule has 0 saturated carbocycles. The number of amides is 4. The lowest BCUT2D eigenvalue weighted by atomic mass is 10.1. The van der Waals surface area contributed by atoms with Crippen LogP contribution in [0.5, 0.6) is 0 Å². The summed E-state index contributed by atoms with van der Waals surface area (Å²) in [5, 5.41) is 2.85. The average molecular weight is 450 g/mol. The van der Waals surface area contributed by atoms with E-state index in [4.69, 9.17) is 0 Å². The summed E-state index contributed by atoms with van der Waals surface area (Å²) < 4.78 is 0. The van der Waals surface area contributed by atoms with Crippen molar-refractivity contribution in [3.63, 3.8) is 0 Å². The third kappa shape index (κ3) is 5.66. The maximum absolute atomic E-state index is 13.1. The van der Waals surface area contributed by atoms with E-state index in [0.29, 0.717) is 30.6 Å². The maximum atomic E-state index is 13.1. The van der Waals surface area contributed by atoms with Gasteiger partial charge in [0, 0.05) is 26.1 Å². The lowest BCUT2D eigenvalue weighted by molar-refractivity contribution is -0.140. The van der Waals surface area contributed by atoms with E-state index in [9.17, 15) is 19.2 Å². The van der Waals surface area contributed by atoms with Gasteiger partial charge in [0.25, 0.3) is 11.8 Å². The highest BCUT2D eigenvalue weighted by Gasteiger charge is 2.35. The van der Waals surface area contributed by atoms with Gasteiger partial charge in [0.05, 0.1) is 11.1 Å². The minimum absolute atomic E-state index is 0.130. The Labute approximate surface area is 194 Å². The molecule has 2 aromatic rings. The number of carbonyl (C=O) groups is 4. The van der Waals surface area contributed by atoms with E-state index in [2.05, 4.69) is 5.32 Å². The number of imide groups is 1. The molecule has 0 bridgehead atoms. The highest BCUT2D eigenvalue weighted by Crippen LogP contribution is 2.23. The number of aryl methyl sites for hydroxylation is 1. The first kappa shape index (κ1) is 24.2. The molecule has 0 aromatic heterocycles. The molecule has 1 aliphatic rings. The Bertz CT molecular complexity index is 997. The number of rotatable bonds is 10. The Balaban J connectivity index is 1.65. The Morgan fingerprint density at radius 1 is 1.00 bits per heavy atom. The normalized spacial score (nSPS) is 13.6. The van der Waals surface area contributed by atoms with Gasteiger partial charge in [-0.15, -0.1) is 0 Å². The van der Waals surface area contributed by atoms with Crippen LogP contribution in [0.3, 0.4) is 0 Å². The van der Waals surface area contributed by atoms with Gasteiger partial charge in [-0.05, 0) is 44.4 Å². The van der Waals surface area contributed by atoms with Crippen molar-refractivity contribution < 1.29 is 19.2 Å². The standard InChI is InChI=1S/C26H31N3O4/c1-4-15-27-24(31)19(3)29(17-20-13-11-18(2)12-14-20)23(30)10-7-16-28-25(32)21-8-5-6-9-22(21)26(28)33/h5-6,8-9,11-14,19H,4,7,10,15-17H2,1-3H3,(H,27,31). The molecule has 0 aliphatic carbocycles. The molecule has 174 valence electrons. The zero-order valence-corrected chi connectivity index (χ0v) is 19.5. The Morgan fingerprint density at radius 3 is 2.18 bits per heavy atom. The fourth-order valence-electron chi connectivity index (χ4n) is 3.84. The largest absolute Gasteiger partial charge is 0.354 e. The molecule has 0 saturated heterocycles. The van der Waals surface area contributed by atoms with Crippen LogP contribution in [0.15, 0.2) is 48.5 Å². The van der Waals surface area contributed by atoms with E-state index < -0.39 is 6.04 Å². The minimum Gasteiger partial charge on any atom is -0.354 e. The lowest BCUT2D eigenvalue weighted by Gasteiger charge is -2.29. The molecule has 7 nitrogen and oxygen atoms in total. The highest BCUT2D eigenvalue weighted by molar-refractivity contribution is 6.21. The van der Waals surface area contributed by atoms with Crippen molar-refractivity contribution in [3.8, 4) is 0 Å². The smallest absolute Gasteiger partial charge is 0.261 e. The predicted octanol–water partition coefficient (Wildman–Crippen LogP) is 3.31. The van der Waals surface area contributed by atoms with E-state index in [-0.39, 0.29) is 36.6 Å². The van der Waals surface area contributed by atoms with E-state index in [1.54, 1.807) is 36.1 Å². The van der Waals surface area contributed by atoms with Crippen LogP contribution in [0.25, 0.3) is 0 Å².